The summed E-state index contributed by atoms with van der Waals surface area (Å²) in [6.45, 7) is 7.58. The lowest BCUT2D eigenvalue weighted by Gasteiger charge is -2.30. The smallest absolute Gasteiger partial charge is 0.337 e. The van der Waals surface area contributed by atoms with Crippen LogP contribution in [0.5, 0.6) is 0 Å². The number of hydrazine groups is 1. The maximum absolute atomic E-state index is 11.7. The monoisotopic (exact) mass is 296 g/mol. The molecular formula is C18H20N2O2. The Kier molecular flexibility index (Phi) is 4.96. The van der Waals surface area contributed by atoms with Gasteiger partial charge in [-0.1, -0.05) is 37.5 Å². The highest BCUT2D eigenvalue weighted by Crippen LogP contribution is 2.27. The Labute approximate surface area is 131 Å². The number of carbonyl (C=O) groups is 1. The molecule has 1 heterocycles. The number of likely N-dealkylation sites (N-methyl/N-ethyl adjacent to an activating group) is 1. The number of esters is 1. The molecule has 0 aliphatic carbocycles. The molecule has 114 valence electrons. The highest BCUT2D eigenvalue weighted by atomic mass is 16.5. The molecule has 4 nitrogen and oxygen atoms in total. The molecule has 1 aromatic rings. The number of allylic oxidation sites excluding steroid dienone is 2. The van der Waals surface area contributed by atoms with Crippen LogP contribution in [0.25, 0.3) is 0 Å². The van der Waals surface area contributed by atoms with E-state index in [0.717, 1.165) is 11.3 Å². The average Bonchev–Trinajstić information content (AvgIpc) is 2.93. The normalized spacial score (nSPS) is 18.4. The zero-order valence-corrected chi connectivity index (χ0v) is 12.9. The quantitative estimate of drug-likeness (QED) is 0.616. The van der Waals surface area contributed by atoms with Gasteiger partial charge in [-0.05, 0) is 29.8 Å². The summed E-state index contributed by atoms with van der Waals surface area (Å²) in [7, 11) is 3.36. The number of hydrogen-bond acceptors (Lipinski definition) is 4. The Morgan fingerprint density at radius 3 is 2.77 bits per heavy atom. The van der Waals surface area contributed by atoms with Gasteiger partial charge in [0.2, 0.25) is 0 Å². The molecule has 1 aliphatic rings. The van der Waals surface area contributed by atoms with Gasteiger partial charge in [0.1, 0.15) is 0 Å². The third-order valence-electron chi connectivity index (χ3n) is 3.57. The maximum atomic E-state index is 11.7. The van der Waals surface area contributed by atoms with Crippen molar-refractivity contribution >= 4 is 11.7 Å². The Morgan fingerprint density at radius 1 is 1.36 bits per heavy atom. The fourth-order valence-electron chi connectivity index (χ4n) is 2.44. The lowest BCUT2D eigenvalue weighted by molar-refractivity contribution is 0.0600. The zero-order chi connectivity index (χ0) is 16.1. The van der Waals surface area contributed by atoms with Gasteiger partial charge in [-0.15, -0.1) is 0 Å². The SMILES string of the molecule is C=C/C=C(\C=C)C1C=CN(c2cccc(C(=O)OC)c2)N1C. The maximum Gasteiger partial charge on any atom is 0.337 e. The Bertz CT molecular complexity index is 646. The van der Waals surface area contributed by atoms with Crippen LogP contribution in [-0.2, 0) is 4.74 Å². The van der Waals surface area contributed by atoms with Gasteiger partial charge in [0, 0.05) is 13.2 Å². The first-order chi connectivity index (χ1) is 10.6. The highest BCUT2D eigenvalue weighted by Gasteiger charge is 2.25. The van der Waals surface area contributed by atoms with Gasteiger partial charge in [0.15, 0.2) is 0 Å². The van der Waals surface area contributed by atoms with E-state index in [1.54, 1.807) is 18.2 Å². The second kappa shape index (κ2) is 6.91. The zero-order valence-electron chi connectivity index (χ0n) is 12.9. The number of hydrogen-bond donors (Lipinski definition) is 0. The van der Waals surface area contributed by atoms with Crippen molar-refractivity contribution in [2.24, 2.45) is 0 Å². The molecule has 1 unspecified atom stereocenters. The number of methoxy groups -OCH3 is 1. The van der Waals surface area contributed by atoms with Gasteiger partial charge in [-0.2, -0.15) is 0 Å². The molecule has 1 atom stereocenters. The van der Waals surface area contributed by atoms with Crippen molar-refractivity contribution in [3.63, 3.8) is 0 Å². The predicted octanol–water partition coefficient (Wildman–Crippen LogP) is 3.32. The lowest BCUT2D eigenvalue weighted by Crippen LogP contribution is -2.38. The summed E-state index contributed by atoms with van der Waals surface area (Å²) >= 11 is 0. The summed E-state index contributed by atoms with van der Waals surface area (Å²) in [4.78, 5) is 11.7. The number of carbonyl (C=O) groups excluding carboxylic acids is 1. The molecule has 4 heteroatoms. The van der Waals surface area contributed by atoms with Gasteiger partial charge >= 0.3 is 5.97 Å². The summed E-state index contributed by atoms with van der Waals surface area (Å²) in [5, 5.41) is 4.05. The fraction of sp³-hybridized carbons (Fsp3) is 0.167. The van der Waals surface area contributed by atoms with Crippen LogP contribution in [0.2, 0.25) is 0 Å². The first-order valence-electron chi connectivity index (χ1n) is 6.96. The fourth-order valence-corrected chi connectivity index (χ4v) is 2.44. The molecule has 0 spiro atoms. The van der Waals surface area contributed by atoms with Gasteiger partial charge < -0.3 is 4.74 Å². The van der Waals surface area contributed by atoms with Crippen LogP contribution in [0.4, 0.5) is 5.69 Å². The van der Waals surface area contributed by atoms with Crippen LogP contribution in [-0.4, -0.2) is 31.2 Å². The van der Waals surface area contributed by atoms with Crippen LogP contribution in [0.15, 0.2) is 73.5 Å². The van der Waals surface area contributed by atoms with Crippen LogP contribution < -0.4 is 5.01 Å². The van der Waals surface area contributed by atoms with Crippen molar-refractivity contribution in [1.82, 2.24) is 5.01 Å². The summed E-state index contributed by atoms with van der Waals surface area (Å²) in [6.07, 6.45) is 9.55. The molecule has 0 radical (unpaired) electrons. The number of anilines is 1. The first kappa shape index (κ1) is 15.8. The van der Waals surface area contributed by atoms with E-state index in [1.165, 1.54) is 7.11 Å². The first-order valence-corrected chi connectivity index (χ1v) is 6.96. The minimum absolute atomic E-state index is 0.0808. The van der Waals surface area contributed by atoms with E-state index in [-0.39, 0.29) is 12.0 Å². The molecule has 0 bridgehead atoms. The van der Waals surface area contributed by atoms with Crippen LogP contribution in [0.1, 0.15) is 10.4 Å². The van der Waals surface area contributed by atoms with Crippen LogP contribution in [0, 0.1) is 0 Å². The molecule has 22 heavy (non-hydrogen) atoms. The highest BCUT2D eigenvalue weighted by molar-refractivity contribution is 5.90. The summed E-state index contributed by atoms with van der Waals surface area (Å²) in [5.74, 6) is -0.345. The Balaban J connectivity index is 2.27. The van der Waals surface area contributed by atoms with Crippen molar-refractivity contribution in [3.05, 3.63) is 79.1 Å². The molecular weight excluding hydrogens is 276 g/mol. The van der Waals surface area contributed by atoms with Gasteiger partial charge in [0.05, 0.1) is 24.4 Å². The van der Waals surface area contributed by atoms with Crippen molar-refractivity contribution in [2.75, 3.05) is 19.2 Å². The van der Waals surface area contributed by atoms with Crippen LogP contribution in [0.3, 0.4) is 0 Å². The van der Waals surface area contributed by atoms with E-state index in [9.17, 15) is 4.79 Å². The third kappa shape index (κ3) is 3.02. The number of benzene rings is 1. The third-order valence-corrected chi connectivity index (χ3v) is 3.57. The van der Waals surface area contributed by atoms with Crippen molar-refractivity contribution in [2.45, 2.75) is 6.04 Å². The van der Waals surface area contributed by atoms with E-state index in [1.807, 2.05) is 42.5 Å². The van der Waals surface area contributed by atoms with E-state index in [2.05, 4.69) is 24.2 Å². The van der Waals surface area contributed by atoms with Gasteiger partial charge in [0.25, 0.3) is 0 Å². The predicted molar refractivity (Wildman–Crippen MR) is 89.4 cm³/mol. The van der Waals surface area contributed by atoms with Crippen molar-refractivity contribution in [1.29, 1.82) is 0 Å². The number of ether oxygens (including phenoxy) is 1. The molecule has 0 amide bonds. The lowest BCUT2D eigenvalue weighted by atomic mass is 10.1. The molecule has 0 N–H and O–H groups in total. The largest absolute Gasteiger partial charge is 0.465 e. The summed E-state index contributed by atoms with van der Waals surface area (Å²) in [5.41, 5.74) is 2.47. The minimum Gasteiger partial charge on any atom is -0.465 e. The van der Waals surface area contributed by atoms with Gasteiger partial charge in [-0.25, -0.2) is 9.80 Å². The van der Waals surface area contributed by atoms with Gasteiger partial charge in [-0.3, -0.25) is 5.01 Å². The van der Waals surface area contributed by atoms with E-state index in [0.29, 0.717) is 5.56 Å². The molecule has 2 rings (SSSR count). The molecule has 0 saturated heterocycles. The topological polar surface area (TPSA) is 32.8 Å². The summed E-state index contributed by atoms with van der Waals surface area (Å²) < 4.78 is 4.77. The van der Waals surface area contributed by atoms with Crippen molar-refractivity contribution in [3.8, 4) is 0 Å². The summed E-state index contributed by atoms with van der Waals surface area (Å²) in [6, 6.07) is 7.40. The minimum atomic E-state index is -0.345. The average molecular weight is 296 g/mol. The molecule has 0 saturated carbocycles. The number of nitrogens with zero attached hydrogens (tertiary/aromatic N) is 2. The number of rotatable bonds is 5. The van der Waals surface area contributed by atoms with Crippen molar-refractivity contribution < 1.29 is 9.53 Å². The second-order valence-electron chi connectivity index (χ2n) is 4.85. The Morgan fingerprint density at radius 2 is 2.14 bits per heavy atom. The second-order valence-corrected chi connectivity index (χ2v) is 4.85. The molecule has 1 aliphatic heterocycles. The van der Waals surface area contributed by atoms with Crippen LogP contribution >= 0.6 is 0 Å². The molecule has 0 aromatic heterocycles. The Hall–Kier alpha value is -2.59. The van der Waals surface area contributed by atoms with E-state index < -0.39 is 0 Å². The van der Waals surface area contributed by atoms with E-state index in [4.69, 9.17) is 4.74 Å². The van der Waals surface area contributed by atoms with E-state index >= 15 is 0 Å². The standard InChI is InChI=1S/C18H20N2O2/c1-5-8-14(6-2)17-11-12-20(19(17)3)16-10-7-9-15(13-16)18(21)22-4/h5-13,17H,1-2H2,3-4H3/b14-8+. The molecule has 0 fully saturated rings. The molecule has 1 aromatic carbocycles.